The third kappa shape index (κ3) is 5.41. The molecule has 0 spiro atoms. The van der Waals surface area contributed by atoms with Gasteiger partial charge in [0.05, 0.1) is 32.1 Å². The molecule has 0 saturated heterocycles. The fourth-order valence-corrected chi connectivity index (χ4v) is 2.48. The Bertz CT molecular complexity index is 683. The van der Waals surface area contributed by atoms with Crippen molar-refractivity contribution in [1.29, 1.82) is 0 Å². The molecular formula is C20H25NO4. The lowest BCUT2D eigenvalue weighted by molar-refractivity contribution is 0.0601. The Morgan fingerprint density at radius 3 is 2.40 bits per heavy atom. The van der Waals surface area contributed by atoms with Gasteiger partial charge in [0.15, 0.2) is 0 Å². The molecule has 0 bridgehead atoms. The first-order valence-electron chi connectivity index (χ1n) is 8.34. The lowest BCUT2D eigenvalue weighted by atomic mass is 10.1. The first kappa shape index (κ1) is 18.6. The molecule has 0 radical (unpaired) electrons. The van der Waals surface area contributed by atoms with E-state index in [0.29, 0.717) is 12.2 Å². The monoisotopic (exact) mass is 343 g/mol. The van der Waals surface area contributed by atoms with Crippen LogP contribution in [-0.2, 0) is 4.74 Å². The summed E-state index contributed by atoms with van der Waals surface area (Å²) in [5, 5.41) is 3.34. The lowest BCUT2D eigenvalue weighted by Gasteiger charge is -2.13. The minimum atomic E-state index is -0.325. The molecule has 2 aromatic rings. The third-order valence-electron chi connectivity index (χ3n) is 3.88. The van der Waals surface area contributed by atoms with Gasteiger partial charge in [0.25, 0.3) is 0 Å². The van der Waals surface area contributed by atoms with Gasteiger partial charge in [0, 0.05) is 6.54 Å². The Morgan fingerprint density at radius 2 is 1.72 bits per heavy atom. The second kappa shape index (κ2) is 9.57. The normalized spacial score (nSPS) is 10.2. The number of carbonyl (C=O) groups excluding carboxylic acids is 1. The quantitative estimate of drug-likeness (QED) is 0.550. The summed E-state index contributed by atoms with van der Waals surface area (Å²) in [6.45, 7) is 3.38. The van der Waals surface area contributed by atoms with Crippen molar-refractivity contribution in [2.24, 2.45) is 0 Å². The average Bonchev–Trinajstić information content (AvgIpc) is 2.65. The summed E-state index contributed by atoms with van der Waals surface area (Å²) in [6.07, 6.45) is 1.85. The number of para-hydroxylation sites is 1. The number of ether oxygens (including phenoxy) is 3. The molecule has 0 unspecified atom stereocenters. The van der Waals surface area contributed by atoms with Gasteiger partial charge in [-0.1, -0.05) is 12.1 Å². The molecule has 5 heteroatoms. The SMILES string of the molecule is COC(=O)c1cccc(C)c1NCCCCOc1ccc(OC)cc1. The van der Waals surface area contributed by atoms with E-state index >= 15 is 0 Å². The topological polar surface area (TPSA) is 56.8 Å². The smallest absolute Gasteiger partial charge is 0.339 e. The minimum Gasteiger partial charge on any atom is -0.497 e. The Kier molecular flexibility index (Phi) is 7.14. The van der Waals surface area contributed by atoms with Crippen LogP contribution in [0.5, 0.6) is 11.5 Å². The molecule has 0 aliphatic carbocycles. The van der Waals surface area contributed by atoms with Crippen molar-refractivity contribution in [2.75, 3.05) is 32.7 Å². The Hall–Kier alpha value is -2.69. The summed E-state index contributed by atoms with van der Waals surface area (Å²) in [5.41, 5.74) is 2.43. The summed E-state index contributed by atoms with van der Waals surface area (Å²) in [5.74, 6) is 1.32. The van der Waals surface area contributed by atoms with Crippen LogP contribution in [-0.4, -0.2) is 33.3 Å². The third-order valence-corrected chi connectivity index (χ3v) is 3.88. The van der Waals surface area contributed by atoms with Crippen LogP contribution < -0.4 is 14.8 Å². The highest BCUT2D eigenvalue weighted by molar-refractivity contribution is 5.96. The number of benzene rings is 2. The molecule has 0 saturated carbocycles. The molecule has 2 rings (SSSR count). The number of unbranched alkanes of at least 4 members (excludes halogenated alkanes) is 1. The number of hydrogen-bond acceptors (Lipinski definition) is 5. The molecule has 0 aliphatic rings. The zero-order valence-electron chi connectivity index (χ0n) is 15.0. The van der Waals surface area contributed by atoms with Gasteiger partial charge in [-0.3, -0.25) is 0 Å². The summed E-state index contributed by atoms with van der Waals surface area (Å²) in [7, 11) is 3.04. The largest absolute Gasteiger partial charge is 0.497 e. The predicted octanol–water partition coefficient (Wildman–Crippen LogP) is 4.06. The van der Waals surface area contributed by atoms with Crippen molar-refractivity contribution in [3.05, 3.63) is 53.6 Å². The Morgan fingerprint density at radius 1 is 1.00 bits per heavy atom. The van der Waals surface area contributed by atoms with Gasteiger partial charge in [-0.05, 0) is 55.7 Å². The van der Waals surface area contributed by atoms with Crippen molar-refractivity contribution < 1.29 is 19.0 Å². The van der Waals surface area contributed by atoms with Crippen molar-refractivity contribution in [3.63, 3.8) is 0 Å². The molecule has 0 aromatic heterocycles. The van der Waals surface area contributed by atoms with Crippen LogP contribution >= 0.6 is 0 Å². The fraction of sp³-hybridized carbons (Fsp3) is 0.350. The van der Waals surface area contributed by atoms with E-state index in [-0.39, 0.29) is 5.97 Å². The number of nitrogens with one attached hydrogen (secondary N) is 1. The van der Waals surface area contributed by atoms with Crippen LogP contribution in [0.25, 0.3) is 0 Å². The molecule has 0 fully saturated rings. The summed E-state index contributed by atoms with van der Waals surface area (Å²) < 4.78 is 15.7. The van der Waals surface area contributed by atoms with E-state index in [4.69, 9.17) is 14.2 Å². The maximum atomic E-state index is 11.8. The van der Waals surface area contributed by atoms with Crippen molar-refractivity contribution >= 4 is 11.7 Å². The number of esters is 1. The van der Waals surface area contributed by atoms with Gasteiger partial charge in [-0.25, -0.2) is 4.79 Å². The van der Waals surface area contributed by atoms with Crippen LogP contribution in [0.15, 0.2) is 42.5 Å². The highest BCUT2D eigenvalue weighted by Gasteiger charge is 2.12. The average molecular weight is 343 g/mol. The predicted molar refractivity (Wildman–Crippen MR) is 98.7 cm³/mol. The molecule has 0 atom stereocenters. The van der Waals surface area contributed by atoms with Gasteiger partial charge in [0.1, 0.15) is 11.5 Å². The maximum absolute atomic E-state index is 11.8. The number of methoxy groups -OCH3 is 2. The van der Waals surface area contributed by atoms with Crippen LogP contribution in [0.2, 0.25) is 0 Å². The summed E-state index contributed by atoms with van der Waals surface area (Å²) in [4.78, 5) is 11.8. The van der Waals surface area contributed by atoms with E-state index in [1.165, 1.54) is 7.11 Å². The van der Waals surface area contributed by atoms with Crippen LogP contribution in [0.3, 0.4) is 0 Å². The highest BCUT2D eigenvalue weighted by Crippen LogP contribution is 2.21. The second-order valence-electron chi connectivity index (χ2n) is 5.65. The van der Waals surface area contributed by atoms with E-state index in [2.05, 4.69) is 5.32 Å². The van der Waals surface area contributed by atoms with Crippen LogP contribution in [0, 0.1) is 6.92 Å². The van der Waals surface area contributed by atoms with Crippen molar-refractivity contribution in [2.45, 2.75) is 19.8 Å². The number of anilines is 1. The number of carbonyl (C=O) groups is 1. The first-order chi connectivity index (χ1) is 12.2. The van der Waals surface area contributed by atoms with E-state index in [9.17, 15) is 4.79 Å². The van der Waals surface area contributed by atoms with E-state index in [1.807, 2.05) is 43.3 Å². The second-order valence-corrected chi connectivity index (χ2v) is 5.65. The molecule has 1 N–H and O–H groups in total. The zero-order chi connectivity index (χ0) is 18.1. The Labute approximate surface area is 148 Å². The van der Waals surface area contributed by atoms with Gasteiger partial charge in [0.2, 0.25) is 0 Å². The van der Waals surface area contributed by atoms with Gasteiger partial charge >= 0.3 is 5.97 Å². The maximum Gasteiger partial charge on any atom is 0.339 e. The van der Waals surface area contributed by atoms with Crippen molar-refractivity contribution in [1.82, 2.24) is 0 Å². The van der Waals surface area contributed by atoms with E-state index in [0.717, 1.165) is 42.1 Å². The van der Waals surface area contributed by atoms with E-state index in [1.54, 1.807) is 13.2 Å². The fourth-order valence-electron chi connectivity index (χ4n) is 2.48. The van der Waals surface area contributed by atoms with Gasteiger partial charge in [-0.15, -0.1) is 0 Å². The molecule has 25 heavy (non-hydrogen) atoms. The van der Waals surface area contributed by atoms with Crippen LogP contribution in [0.4, 0.5) is 5.69 Å². The molecule has 0 amide bonds. The number of hydrogen-bond donors (Lipinski definition) is 1. The van der Waals surface area contributed by atoms with Crippen LogP contribution in [0.1, 0.15) is 28.8 Å². The molecule has 2 aromatic carbocycles. The molecule has 5 nitrogen and oxygen atoms in total. The first-order valence-corrected chi connectivity index (χ1v) is 8.34. The number of rotatable bonds is 9. The Balaban J connectivity index is 1.75. The lowest BCUT2D eigenvalue weighted by Crippen LogP contribution is -2.11. The summed E-state index contributed by atoms with van der Waals surface area (Å²) >= 11 is 0. The van der Waals surface area contributed by atoms with Gasteiger partial charge < -0.3 is 19.5 Å². The zero-order valence-corrected chi connectivity index (χ0v) is 15.0. The molecule has 0 heterocycles. The highest BCUT2D eigenvalue weighted by atomic mass is 16.5. The molecular weight excluding hydrogens is 318 g/mol. The molecule has 134 valence electrons. The number of aryl methyl sites for hydroxylation is 1. The molecule has 0 aliphatic heterocycles. The standard InChI is InChI=1S/C20H25NO4/c1-15-7-6-8-18(20(22)24-3)19(15)21-13-4-5-14-25-17-11-9-16(23-2)10-12-17/h6-12,21H,4-5,13-14H2,1-3H3. The minimum absolute atomic E-state index is 0.325. The van der Waals surface area contributed by atoms with E-state index < -0.39 is 0 Å². The van der Waals surface area contributed by atoms with Crippen molar-refractivity contribution in [3.8, 4) is 11.5 Å². The summed E-state index contributed by atoms with van der Waals surface area (Å²) in [6, 6.07) is 13.2. The van der Waals surface area contributed by atoms with Gasteiger partial charge in [-0.2, -0.15) is 0 Å².